The highest BCUT2D eigenvalue weighted by molar-refractivity contribution is 6.02. The number of rotatable bonds is 6. The van der Waals surface area contributed by atoms with Gasteiger partial charge in [-0.05, 0) is 38.1 Å². The maximum absolute atomic E-state index is 12.8. The molecule has 3 rings (SSSR count). The molecule has 1 amide bonds. The molecule has 3 aromatic rings. The number of nitrogens with one attached hydrogen (secondary N) is 1. The Morgan fingerprint density at radius 3 is 2.50 bits per heavy atom. The lowest BCUT2D eigenvalue weighted by molar-refractivity contribution is -0.111. The monoisotopic (exact) mass is 377 g/mol. The van der Waals surface area contributed by atoms with Crippen molar-refractivity contribution in [3.63, 3.8) is 0 Å². The van der Waals surface area contributed by atoms with E-state index in [9.17, 15) is 9.59 Å². The zero-order valence-corrected chi connectivity index (χ0v) is 16.2. The summed E-state index contributed by atoms with van der Waals surface area (Å²) in [5.74, 6) is 0.327. The van der Waals surface area contributed by atoms with Crippen molar-refractivity contribution in [1.29, 1.82) is 0 Å². The van der Waals surface area contributed by atoms with E-state index in [1.807, 2.05) is 61.5 Å². The Labute approximate surface area is 163 Å². The summed E-state index contributed by atoms with van der Waals surface area (Å²) in [7, 11) is 1.79. The van der Waals surface area contributed by atoms with E-state index in [2.05, 4.69) is 5.32 Å². The van der Waals surface area contributed by atoms with Gasteiger partial charge >= 0.3 is 0 Å². The second-order valence-electron chi connectivity index (χ2n) is 6.23. The van der Waals surface area contributed by atoms with Crippen molar-refractivity contribution in [2.24, 2.45) is 7.05 Å². The van der Waals surface area contributed by atoms with E-state index >= 15 is 0 Å². The summed E-state index contributed by atoms with van der Waals surface area (Å²) in [6.45, 7) is 4.24. The Kier molecular flexibility index (Phi) is 5.79. The van der Waals surface area contributed by atoms with Gasteiger partial charge in [-0.25, -0.2) is 4.68 Å². The van der Waals surface area contributed by atoms with Gasteiger partial charge in [-0.1, -0.05) is 36.4 Å². The molecule has 0 atom stereocenters. The van der Waals surface area contributed by atoms with Crippen LogP contribution in [0.4, 0.5) is 5.69 Å². The first-order chi connectivity index (χ1) is 13.5. The van der Waals surface area contributed by atoms with Gasteiger partial charge in [0.2, 0.25) is 5.91 Å². The molecule has 0 spiro atoms. The maximum atomic E-state index is 12.8. The quantitative estimate of drug-likeness (QED) is 0.668. The Balaban J connectivity index is 1.85. The van der Waals surface area contributed by atoms with Crippen LogP contribution in [0.3, 0.4) is 0 Å². The van der Waals surface area contributed by atoms with E-state index in [4.69, 9.17) is 4.74 Å². The summed E-state index contributed by atoms with van der Waals surface area (Å²) in [5.41, 5.74) is 2.19. The number of hydrogen-bond donors (Lipinski definition) is 1. The molecular formula is C22H23N3O3. The minimum atomic E-state index is -0.377. The van der Waals surface area contributed by atoms with Crippen molar-refractivity contribution in [2.45, 2.75) is 13.8 Å². The lowest BCUT2D eigenvalue weighted by Crippen LogP contribution is -2.22. The molecule has 6 heteroatoms. The van der Waals surface area contributed by atoms with Crippen molar-refractivity contribution < 1.29 is 9.53 Å². The number of benzene rings is 2. The summed E-state index contributed by atoms with van der Waals surface area (Å²) >= 11 is 0. The van der Waals surface area contributed by atoms with Crippen molar-refractivity contribution in [3.05, 3.63) is 82.3 Å². The Morgan fingerprint density at radius 1 is 1.11 bits per heavy atom. The lowest BCUT2D eigenvalue weighted by atomic mass is 10.2. The molecule has 0 radical (unpaired) electrons. The van der Waals surface area contributed by atoms with Gasteiger partial charge in [-0.2, -0.15) is 0 Å². The standard InChI is InChI=1S/C22H23N3O3/c1-4-28-19-13-9-8-10-17(19)14-15-20(26)23-21-16(2)24(3)25(22(21)27)18-11-6-5-7-12-18/h5-15H,4H2,1-3H3,(H,23,26)/b15-14+. The normalized spacial score (nSPS) is 11.0. The van der Waals surface area contributed by atoms with Crippen LogP contribution in [0.2, 0.25) is 0 Å². The molecule has 0 saturated carbocycles. The predicted octanol–water partition coefficient (Wildman–Crippen LogP) is 3.54. The van der Waals surface area contributed by atoms with Crippen molar-refractivity contribution >= 4 is 17.7 Å². The maximum Gasteiger partial charge on any atom is 0.295 e. The molecule has 1 heterocycles. The number of hydrogen-bond acceptors (Lipinski definition) is 3. The van der Waals surface area contributed by atoms with E-state index in [0.29, 0.717) is 18.1 Å². The third-order valence-electron chi connectivity index (χ3n) is 4.44. The molecule has 0 bridgehead atoms. The number of aromatic nitrogens is 2. The first-order valence-electron chi connectivity index (χ1n) is 9.07. The average molecular weight is 377 g/mol. The van der Waals surface area contributed by atoms with Crippen LogP contribution in [0.5, 0.6) is 5.75 Å². The molecule has 2 aromatic carbocycles. The minimum absolute atomic E-state index is 0.263. The summed E-state index contributed by atoms with van der Waals surface area (Å²) in [6, 6.07) is 16.8. The number of carbonyl (C=O) groups excluding carboxylic acids is 1. The largest absolute Gasteiger partial charge is 0.493 e. The van der Waals surface area contributed by atoms with Crippen LogP contribution in [0.15, 0.2) is 65.5 Å². The molecule has 0 saturated heterocycles. The van der Waals surface area contributed by atoms with Gasteiger partial charge < -0.3 is 10.1 Å². The fraction of sp³-hybridized carbons (Fsp3) is 0.182. The molecule has 6 nitrogen and oxygen atoms in total. The van der Waals surface area contributed by atoms with Crippen molar-refractivity contribution in [3.8, 4) is 11.4 Å². The Bertz CT molecular complexity index is 1060. The smallest absolute Gasteiger partial charge is 0.295 e. The van der Waals surface area contributed by atoms with Gasteiger partial charge in [0.25, 0.3) is 5.56 Å². The first-order valence-corrected chi connectivity index (χ1v) is 9.07. The van der Waals surface area contributed by atoms with Crippen LogP contribution < -0.4 is 15.6 Å². The number of para-hydroxylation sites is 2. The van der Waals surface area contributed by atoms with Gasteiger partial charge in [0.1, 0.15) is 11.4 Å². The summed E-state index contributed by atoms with van der Waals surface area (Å²) in [6.07, 6.45) is 3.07. The number of amides is 1. The SMILES string of the molecule is CCOc1ccccc1/C=C/C(=O)Nc1c(C)n(C)n(-c2ccccc2)c1=O. The molecule has 28 heavy (non-hydrogen) atoms. The molecule has 1 N–H and O–H groups in total. The number of nitrogens with zero attached hydrogens (tertiary/aromatic N) is 2. The average Bonchev–Trinajstić information content (AvgIpc) is 2.91. The highest BCUT2D eigenvalue weighted by Crippen LogP contribution is 2.19. The Hall–Kier alpha value is -3.54. The van der Waals surface area contributed by atoms with Crippen molar-refractivity contribution in [2.75, 3.05) is 11.9 Å². The topological polar surface area (TPSA) is 65.3 Å². The number of anilines is 1. The first kappa shape index (κ1) is 19.2. The summed E-state index contributed by atoms with van der Waals surface area (Å²) in [5, 5.41) is 2.71. The summed E-state index contributed by atoms with van der Waals surface area (Å²) < 4.78 is 8.80. The van der Waals surface area contributed by atoms with Crippen LogP contribution in [0.1, 0.15) is 18.2 Å². The molecule has 0 unspecified atom stereocenters. The minimum Gasteiger partial charge on any atom is -0.493 e. The van der Waals surface area contributed by atoms with Gasteiger partial charge in [-0.15, -0.1) is 0 Å². The van der Waals surface area contributed by atoms with Crippen LogP contribution in [-0.4, -0.2) is 21.9 Å². The van der Waals surface area contributed by atoms with E-state index in [0.717, 1.165) is 11.3 Å². The highest BCUT2D eigenvalue weighted by atomic mass is 16.5. The molecule has 0 aliphatic carbocycles. The summed E-state index contributed by atoms with van der Waals surface area (Å²) in [4.78, 5) is 25.3. The van der Waals surface area contributed by atoms with Crippen molar-refractivity contribution in [1.82, 2.24) is 9.36 Å². The zero-order valence-electron chi connectivity index (χ0n) is 16.2. The van der Waals surface area contributed by atoms with Gasteiger partial charge in [-0.3, -0.25) is 14.3 Å². The molecule has 1 aromatic heterocycles. The highest BCUT2D eigenvalue weighted by Gasteiger charge is 2.17. The van der Waals surface area contributed by atoms with Crippen LogP contribution in [-0.2, 0) is 11.8 Å². The van der Waals surface area contributed by atoms with Crippen LogP contribution in [0.25, 0.3) is 11.8 Å². The van der Waals surface area contributed by atoms with Crippen LogP contribution >= 0.6 is 0 Å². The Morgan fingerprint density at radius 2 is 1.79 bits per heavy atom. The fourth-order valence-corrected chi connectivity index (χ4v) is 2.95. The van der Waals surface area contributed by atoms with E-state index in [-0.39, 0.29) is 17.2 Å². The zero-order chi connectivity index (χ0) is 20.1. The second-order valence-corrected chi connectivity index (χ2v) is 6.23. The number of ether oxygens (including phenoxy) is 1. The van der Waals surface area contributed by atoms with Crippen LogP contribution in [0, 0.1) is 6.92 Å². The lowest BCUT2D eigenvalue weighted by Gasteiger charge is -2.07. The van der Waals surface area contributed by atoms with Gasteiger partial charge in [0, 0.05) is 18.7 Å². The fourth-order valence-electron chi connectivity index (χ4n) is 2.95. The third kappa shape index (κ3) is 3.91. The number of carbonyl (C=O) groups is 1. The van der Waals surface area contributed by atoms with E-state index in [1.165, 1.54) is 10.8 Å². The molecular weight excluding hydrogens is 354 g/mol. The van der Waals surface area contributed by atoms with Gasteiger partial charge in [0.15, 0.2) is 0 Å². The molecule has 0 fully saturated rings. The molecule has 144 valence electrons. The van der Waals surface area contributed by atoms with E-state index < -0.39 is 0 Å². The predicted molar refractivity (Wildman–Crippen MR) is 111 cm³/mol. The third-order valence-corrected chi connectivity index (χ3v) is 4.44. The molecule has 0 aliphatic heterocycles. The molecule has 0 aliphatic rings. The van der Waals surface area contributed by atoms with Gasteiger partial charge in [0.05, 0.1) is 18.0 Å². The van der Waals surface area contributed by atoms with E-state index in [1.54, 1.807) is 24.7 Å². The second kappa shape index (κ2) is 8.43.